The van der Waals surface area contributed by atoms with Gasteiger partial charge in [-0.25, -0.2) is 0 Å². The van der Waals surface area contributed by atoms with Gasteiger partial charge in [-0.1, -0.05) is 103 Å². The lowest BCUT2D eigenvalue weighted by atomic mass is 9.95. The number of hydrogen-bond donors (Lipinski definition) is 0. The van der Waals surface area contributed by atoms with Crippen molar-refractivity contribution in [1.29, 1.82) is 0 Å². The first-order valence-electron chi connectivity index (χ1n) is 12.4. The zero-order valence-corrected chi connectivity index (χ0v) is 20.3. The summed E-state index contributed by atoms with van der Waals surface area (Å²) in [6.45, 7) is 0. The average molecular weight is 476 g/mol. The van der Waals surface area contributed by atoms with E-state index in [-0.39, 0.29) is 5.75 Å². The third kappa shape index (κ3) is 4.41. The molecule has 0 aliphatic heterocycles. The van der Waals surface area contributed by atoms with Gasteiger partial charge in [-0.2, -0.15) is 4.57 Å². The van der Waals surface area contributed by atoms with Crippen LogP contribution >= 0.6 is 0 Å². The summed E-state index contributed by atoms with van der Waals surface area (Å²) in [7, 11) is 0. The summed E-state index contributed by atoms with van der Waals surface area (Å²) in [5, 5.41) is 13.9. The van der Waals surface area contributed by atoms with Gasteiger partial charge in [-0.15, -0.1) is 0 Å². The molecule has 6 rings (SSSR count). The maximum Gasteiger partial charge on any atom is 0.219 e. The van der Waals surface area contributed by atoms with Crippen LogP contribution in [0.2, 0.25) is 0 Å². The van der Waals surface area contributed by atoms with Gasteiger partial charge in [-0.3, -0.25) is 0 Å². The normalized spacial score (nSPS) is 10.8. The van der Waals surface area contributed by atoms with Crippen LogP contribution < -0.4 is 9.67 Å². The molecule has 0 bridgehead atoms. The number of pyridine rings is 1. The van der Waals surface area contributed by atoms with Gasteiger partial charge in [0.1, 0.15) is 0 Å². The molecular formula is C35H25NO. The maximum atomic E-state index is 13.9. The van der Waals surface area contributed by atoms with E-state index >= 15 is 0 Å². The van der Waals surface area contributed by atoms with E-state index in [1.807, 2.05) is 84.9 Å². The van der Waals surface area contributed by atoms with Gasteiger partial charge in [-0.05, 0) is 52.6 Å². The Morgan fingerprint density at radius 1 is 0.378 bits per heavy atom. The molecule has 0 aliphatic rings. The maximum absolute atomic E-state index is 13.9. The third-order valence-corrected chi connectivity index (χ3v) is 6.63. The van der Waals surface area contributed by atoms with Crippen LogP contribution in [0.25, 0.3) is 50.5 Å². The fraction of sp³-hybridized carbons (Fsp3) is 0. The monoisotopic (exact) mass is 475 g/mol. The Hall–Kier alpha value is -4.95. The summed E-state index contributed by atoms with van der Waals surface area (Å²) in [4.78, 5) is 0. The molecule has 1 heterocycles. The summed E-state index contributed by atoms with van der Waals surface area (Å²) < 4.78 is 2.27. The molecule has 37 heavy (non-hydrogen) atoms. The SMILES string of the molecule is [O-]c1c(-c2ccccc2)cc(-[n+]2c(-c3ccccc3)cccc2-c2ccccc2)cc1-c1ccccc1. The molecule has 0 radical (unpaired) electrons. The molecule has 176 valence electrons. The van der Waals surface area contributed by atoms with E-state index in [0.717, 1.165) is 39.3 Å². The fourth-order valence-corrected chi connectivity index (χ4v) is 4.86. The minimum Gasteiger partial charge on any atom is -0.872 e. The van der Waals surface area contributed by atoms with Crippen LogP contribution in [0.5, 0.6) is 5.75 Å². The standard InChI is InChI=1S/C35H25NO/c37-35-31(26-14-5-1-6-15-26)24-30(25-32(35)27-16-7-2-8-17-27)36-33(28-18-9-3-10-19-28)22-13-23-34(36)29-20-11-4-12-21-29/h1-25H. The highest BCUT2D eigenvalue weighted by Gasteiger charge is 2.24. The van der Waals surface area contributed by atoms with Gasteiger partial charge in [0.25, 0.3) is 0 Å². The highest BCUT2D eigenvalue weighted by Crippen LogP contribution is 2.38. The van der Waals surface area contributed by atoms with E-state index in [4.69, 9.17) is 0 Å². The molecule has 2 nitrogen and oxygen atoms in total. The Labute approximate surface area is 217 Å². The van der Waals surface area contributed by atoms with Crippen molar-refractivity contribution >= 4 is 0 Å². The lowest BCUT2D eigenvalue weighted by molar-refractivity contribution is -0.572. The Balaban J connectivity index is 1.70. The number of hydrogen-bond acceptors (Lipinski definition) is 1. The second-order valence-corrected chi connectivity index (χ2v) is 8.97. The van der Waals surface area contributed by atoms with E-state index in [1.165, 1.54) is 0 Å². The molecule has 0 aliphatic carbocycles. The lowest BCUT2D eigenvalue weighted by Gasteiger charge is -2.21. The largest absolute Gasteiger partial charge is 0.872 e. The van der Waals surface area contributed by atoms with Gasteiger partial charge >= 0.3 is 0 Å². The van der Waals surface area contributed by atoms with Gasteiger partial charge < -0.3 is 5.11 Å². The molecule has 0 fully saturated rings. The first kappa shape index (κ1) is 22.5. The highest BCUT2D eigenvalue weighted by molar-refractivity contribution is 5.83. The summed E-state index contributed by atoms with van der Waals surface area (Å²) in [5.41, 5.74) is 8.45. The molecule has 0 spiro atoms. The van der Waals surface area contributed by atoms with Crippen molar-refractivity contribution in [3.05, 3.63) is 152 Å². The smallest absolute Gasteiger partial charge is 0.219 e. The molecule has 5 aromatic carbocycles. The van der Waals surface area contributed by atoms with E-state index in [1.54, 1.807) is 0 Å². The highest BCUT2D eigenvalue weighted by atomic mass is 16.3. The molecule has 6 aromatic rings. The second kappa shape index (κ2) is 9.96. The van der Waals surface area contributed by atoms with E-state index < -0.39 is 0 Å². The van der Waals surface area contributed by atoms with Crippen molar-refractivity contribution in [2.24, 2.45) is 0 Å². The number of aromatic nitrogens is 1. The summed E-state index contributed by atoms with van der Waals surface area (Å²) in [6, 6.07) is 51.1. The topological polar surface area (TPSA) is 26.9 Å². The predicted octanol–water partition coefficient (Wildman–Crippen LogP) is 7.70. The molecule has 0 atom stereocenters. The van der Waals surface area contributed by atoms with Crippen molar-refractivity contribution in [2.75, 3.05) is 0 Å². The van der Waals surface area contributed by atoms with Crippen molar-refractivity contribution < 1.29 is 9.67 Å². The van der Waals surface area contributed by atoms with Crippen LogP contribution in [0, 0.1) is 0 Å². The van der Waals surface area contributed by atoms with Crippen molar-refractivity contribution in [3.8, 4) is 56.2 Å². The molecule has 0 saturated heterocycles. The van der Waals surface area contributed by atoms with E-state index in [2.05, 4.69) is 71.3 Å². The average Bonchev–Trinajstić information content (AvgIpc) is 2.99. The minimum atomic E-state index is 0.0280. The molecule has 0 saturated carbocycles. The van der Waals surface area contributed by atoms with Crippen LogP contribution in [-0.2, 0) is 0 Å². The Kier molecular flexibility index (Phi) is 6.06. The molecule has 0 N–H and O–H groups in total. The van der Waals surface area contributed by atoms with Gasteiger partial charge in [0.05, 0.1) is 0 Å². The Morgan fingerprint density at radius 3 is 1.11 bits per heavy atom. The molecule has 2 heteroatoms. The predicted molar refractivity (Wildman–Crippen MR) is 149 cm³/mol. The second-order valence-electron chi connectivity index (χ2n) is 8.97. The fourth-order valence-electron chi connectivity index (χ4n) is 4.86. The Morgan fingerprint density at radius 2 is 0.730 bits per heavy atom. The van der Waals surface area contributed by atoms with Crippen LogP contribution in [0.4, 0.5) is 0 Å². The summed E-state index contributed by atoms with van der Waals surface area (Å²) in [6.07, 6.45) is 0. The first-order chi connectivity index (χ1) is 18.3. The molecular weight excluding hydrogens is 450 g/mol. The van der Waals surface area contributed by atoms with Crippen LogP contribution in [0.15, 0.2) is 152 Å². The molecule has 0 unspecified atom stereocenters. The molecule has 0 amide bonds. The number of nitrogens with zero attached hydrogens (tertiary/aromatic N) is 1. The van der Waals surface area contributed by atoms with Gasteiger partial charge in [0.15, 0.2) is 0 Å². The van der Waals surface area contributed by atoms with Crippen LogP contribution in [-0.4, -0.2) is 0 Å². The van der Waals surface area contributed by atoms with Gasteiger partial charge in [0.2, 0.25) is 17.1 Å². The van der Waals surface area contributed by atoms with Crippen molar-refractivity contribution in [1.82, 2.24) is 0 Å². The zero-order chi connectivity index (χ0) is 25.0. The molecule has 1 aromatic heterocycles. The van der Waals surface area contributed by atoms with E-state index in [9.17, 15) is 5.11 Å². The van der Waals surface area contributed by atoms with Crippen LogP contribution in [0.3, 0.4) is 0 Å². The number of benzene rings is 5. The van der Waals surface area contributed by atoms with Gasteiger partial charge in [0, 0.05) is 35.4 Å². The van der Waals surface area contributed by atoms with Crippen molar-refractivity contribution in [2.45, 2.75) is 0 Å². The zero-order valence-electron chi connectivity index (χ0n) is 20.3. The third-order valence-electron chi connectivity index (χ3n) is 6.63. The Bertz CT molecular complexity index is 1530. The van der Waals surface area contributed by atoms with Crippen LogP contribution in [0.1, 0.15) is 0 Å². The quantitative estimate of drug-likeness (QED) is 0.235. The number of rotatable bonds is 5. The summed E-state index contributed by atoms with van der Waals surface area (Å²) >= 11 is 0. The van der Waals surface area contributed by atoms with E-state index in [0.29, 0.717) is 11.1 Å². The lowest BCUT2D eigenvalue weighted by Crippen LogP contribution is -2.36. The van der Waals surface area contributed by atoms with Crippen molar-refractivity contribution in [3.63, 3.8) is 0 Å². The minimum absolute atomic E-state index is 0.0280. The first-order valence-corrected chi connectivity index (χ1v) is 12.4. The summed E-state index contributed by atoms with van der Waals surface area (Å²) in [5.74, 6) is 0.0280.